The average Bonchev–Trinajstić information content (AvgIpc) is 3.01. The Hall–Kier alpha value is -1.47. The van der Waals surface area contributed by atoms with Crippen LogP contribution < -0.4 is 5.32 Å². The minimum atomic E-state index is -0.880. The van der Waals surface area contributed by atoms with Crippen molar-refractivity contribution in [3.63, 3.8) is 0 Å². The number of carboxylic acids is 1. The normalized spacial score (nSPS) is 22.9. The molecule has 0 spiro atoms. The molecule has 1 aliphatic rings. The van der Waals surface area contributed by atoms with Crippen LogP contribution in [-0.2, 0) is 9.59 Å². The number of rotatable bonds is 6. The van der Waals surface area contributed by atoms with Crippen molar-refractivity contribution in [2.45, 2.75) is 38.1 Å². The molecule has 1 atom stereocenters. The van der Waals surface area contributed by atoms with Crippen LogP contribution in [0.4, 0.5) is 5.13 Å². The van der Waals surface area contributed by atoms with E-state index >= 15 is 0 Å². The minimum Gasteiger partial charge on any atom is -0.480 e. The molecule has 2 heterocycles. The largest absolute Gasteiger partial charge is 0.480 e. The van der Waals surface area contributed by atoms with E-state index < -0.39 is 11.5 Å². The van der Waals surface area contributed by atoms with Crippen molar-refractivity contribution in [3.05, 3.63) is 11.6 Å². The number of nitrogens with one attached hydrogen (secondary N) is 1. The molecule has 0 saturated carbocycles. The smallest absolute Gasteiger partial charge is 0.324 e. The summed E-state index contributed by atoms with van der Waals surface area (Å²) in [6.07, 6.45) is 4.41. The zero-order chi connectivity index (χ0) is 14.6. The SMILES string of the molecule is CCCC1(C(=O)O)CCCN1CC(=O)Nc1nccs1. The number of anilines is 1. The summed E-state index contributed by atoms with van der Waals surface area (Å²) in [6.45, 7) is 2.72. The predicted molar refractivity (Wildman–Crippen MR) is 76.8 cm³/mol. The summed E-state index contributed by atoms with van der Waals surface area (Å²) in [5.41, 5.74) is -0.880. The van der Waals surface area contributed by atoms with Gasteiger partial charge in [-0.3, -0.25) is 14.5 Å². The Bertz CT molecular complexity index is 477. The summed E-state index contributed by atoms with van der Waals surface area (Å²) in [5.74, 6) is -1.03. The van der Waals surface area contributed by atoms with Crippen molar-refractivity contribution < 1.29 is 14.7 Å². The number of carbonyl (C=O) groups is 2. The number of hydrogen-bond donors (Lipinski definition) is 2. The molecule has 7 heteroatoms. The Balaban J connectivity index is 2.03. The third-order valence-electron chi connectivity index (χ3n) is 3.70. The van der Waals surface area contributed by atoms with Gasteiger partial charge >= 0.3 is 5.97 Å². The van der Waals surface area contributed by atoms with E-state index in [0.29, 0.717) is 24.5 Å². The second-order valence-corrected chi connectivity index (χ2v) is 5.89. The number of amides is 1. The molecule has 0 radical (unpaired) electrons. The van der Waals surface area contributed by atoms with Gasteiger partial charge in [-0.1, -0.05) is 13.3 Å². The van der Waals surface area contributed by atoms with E-state index in [9.17, 15) is 14.7 Å². The molecule has 20 heavy (non-hydrogen) atoms. The molecule has 1 amide bonds. The lowest BCUT2D eigenvalue weighted by molar-refractivity contribution is -0.150. The fraction of sp³-hybridized carbons (Fsp3) is 0.615. The highest BCUT2D eigenvalue weighted by Gasteiger charge is 2.47. The maximum atomic E-state index is 12.0. The molecule has 2 rings (SSSR count). The molecule has 0 aliphatic carbocycles. The third-order valence-corrected chi connectivity index (χ3v) is 4.39. The first-order valence-corrected chi connectivity index (χ1v) is 7.64. The van der Waals surface area contributed by atoms with Crippen LogP contribution in [0.15, 0.2) is 11.6 Å². The van der Waals surface area contributed by atoms with Crippen molar-refractivity contribution in [3.8, 4) is 0 Å². The predicted octanol–water partition coefficient (Wildman–Crippen LogP) is 1.80. The van der Waals surface area contributed by atoms with Gasteiger partial charge in [0, 0.05) is 11.6 Å². The van der Waals surface area contributed by atoms with Crippen molar-refractivity contribution in [2.24, 2.45) is 0 Å². The molecule has 0 bridgehead atoms. The van der Waals surface area contributed by atoms with Gasteiger partial charge in [0.25, 0.3) is 0 Å². The van der Waals surface area contributed by atoms with Crippen LogP contribution >= 0.6 is 11.3 Å². The van der Waals surface area contributed by atoms with E-state index in [0.717, 1.165) is 12.8 Å². The van der Waals surface area contributed by atoms with Gasteiger partial charge in [0.1, 0.15) is 5.54 Å². The van der Waals surface area contributed by atoms with E-state index in [2.05, 4.69) is 10.3 Å². The van der Waals surface area contributed by atoms with Gasteiger partial charge in [-0.25, -0.2) is 4.98 Å². The molecule has 1 aromatic rings. The van der Waals surface area contributed by atoms with E-state index in [-0.39, 0.29) is 12.5 Å². The zero-order valence-electron chi connectivity index (χ0n) is 11.5. The number of thiazole rings is 1. The van der Waals surface area contributed by atoms with E-state index in [1.807, 2.05) is 6.92 Å². The summed E-state index contributed by atoms with van der Waals surface area (Å²) in [5, 5.41) is 14.6. The lowest BCUT2D eigenvalue weighted by atomic mass is 9.90. The van der Waals surface area contributed by atoms with Crippen molar-refractivity contribution in [2.75, 3.05) is 18.4 Å². The van der Waals surface area contributed by atoms with Gasteiger partial charge in [0.05, 0.1) is 6.54 Å². The van der Waals surface area contributed by atoms with Crippen molar-refractivity contribution in [1.29, 1.82) is 0 Å². The quantitative estimate of drug-likeness (QED) is 0.836. The lowest BCUT2D eigenvalue weighted by Crippen LogP contribution is -2.52. The van der Waals surface area contributed by atoms with Crippen LogP contribution in [0, 0.1) is 0 Å². The topological polar surface area (TPSA) is 82.5 Å². The molecular weight excluding hydrogens is 278 g/mol. The molecule has 6 nitrogen and oxygen atoms in total. The molecule has 0 aromatic carbocycles. The maximum absolute atomic E-state index is 12.0. The summed E-state index contributed by atoms with van der Waals surface area (Å²) in [6, 6.07) is 0. The Morgan fingerprint density at radius 3 is 3.00 bits per heavy atom. The van der Waals surface area contributed by atoms with Gasteiger partial charge in [-0.2, -0.15) is 0 Å². The Labute approximate surface area is 121 Å². The fourth-order valence-electron chi connectivity index (χ4n) is 2.83. The minimum absolute atomic E-state index is 0.103. The number of likely N-dealkylation sites (tertiary alicyclic amines) is 1. The summed E-state index contributed by atoms with van der Waals surface area (Å²) < 4.78 is 0. The number of carboxylic acid groups (broad SMARTS) is 1. The fourth-order valence-corrected chi connectivity index (χ4v) is 3.37. The second-order valence-electron chi connectivity index (χ2n) is 5.00. The summed E-state index contributed by atoms with van der Waals surface area (Å²) in [7, 11) is 0. The third kappa shape index (κ3) is 2.99. The highest BCUT2D eigenvalue weighted by Crippen LogP contribution is 2.33. The van der Waals surface area contributed by atoms with E-state index in [4.69, 9.17) is 0 Å². The van der Waals surface area contributed by atoms with Gasteiger partial charge in [-0.15, -0.1) is 11.3 Å². The van der Waals surface area contributed by atoms with E-state index in [1.54, 1.807) is 16.5 Å². The van der Waals surface area contributed by atoms with E-state index in [1.165, 1.54) is 11.3 Å². The van der Waals surface area contributed by atoms with Gasteiger partial charge < -0.3 is 10.4 Å². The second kappa shape index (κ2) is 6.32. The monoisotopic (exact) mass is 297 g/mol. The number of aromatic nitrogens is 1. The molecule has 1 saturated heterocycles. The Kier molecular flexibility index (Phi) is 4.72. The Morgan fingerprint density at radius 1 is 1.60 bits per heavy atom. The molecular formula is C13H19N3O3S. The standard InChI is InChI=1S/C13H19N3O3S/c1-2-4-13(11(18)19)5-3-7-16(13)9-10(17)15-12-14-6-8-20-12/h6,8H,2-5,7,9H2,1H3,(H,18,19)(H,14,15,17). The maximum Gasteiger partial charge on any atom is 0.324 e. The van der Waals surface area contributed by atoms with Crippen LogP contribution in [-0.4, -0.2) is 45.5 Å². The number of aliphatic carboxylic acids is 1. The highest BCUT2D eigenvalue weighted by atomic mass is 32.1. The first-order valence-electron chi connectivity index (χ1n) is 6.76. The Morgan fingerprint density at radius 2 is 2.40 bits per heavy atom. The summed E-state index contributed by atoms with van der Waals surface area (Å²) >= 11 is 1.35. The summed E-state index contributed by atoms with van der Waals surface area (Å²) in [4.78, 5) is 29.4. The number of hydrogen-bond acceptors (Lipinski definition) is 5. The van der Waals surface area contributed by atoms with Gasteiger partial charge in [-0.05, 0) is 25.8 Å². The molecule has 1 fully saturated rings. The van der Waals surface area contributed by atoms with Crippen LogP contribution in [0.3, 0.4) is 0 Å². The molecule has 1 aliphatic heterocycles. The van der Waals surface area contributed by atoms with Crippen molar-refractivity contribution in [1.82, 2.24) is 9.88 Å². The first kappa shape index (κ1) is 14.9. The first-order chi connectivity index (χ1) is 9.58. The number of carbonyl (C=O) groups excluding carboxylic acids is 1. The van der Waals surface area contributed by atoms with Crippen LogP contribution in [0.1, 0.15) is 32.6 Å². The van der Waals surface area contributed by atoms with Crippen LogP contribution in [0.2, 0.25) is 0 Å². The molecule has 110 valence electrons. The van der Waals surface area contributed by atoms with Crippen LogP contribution in [0.25, 0.3) is 0 Å². The molecule has 1 aromatic heterocycles. The molecule has 2 N–H and O–H groups in total. The van der Waals surface area contributed by atoms with Gasteiger partial charge in [0.2, 0.25) is 5.91 Å². The van der Waals surface area contributed by atoms with Crippen molar-refractivity contribution >= 4 is 28.3 Å². The van der Waals surface area contributed by atoms with Crippen LogP contribution in [0.5, 0.6) is 0 Å². The highest BCUT2D eigenvalue weighted by molar-refractivity contribution is 7.13. The zero-order valence-corrected chi connectivity index (χ0v) is 12.3. The number of nitrogens with zero attached hydrogens (tertiary/aromatic N) is 2. The molecule has 1 unspecified atom stereocenters. The van der Waals surface area contributed by atoms with Gasteiger partial charge in [0.15, 0.2) is 5.13 Å². The lowest BCUT2D eigenvalue weighted by Gasteiger charge is -2.34. The average molecular weight is 297 g/mol.